The average molecular weight is 319 g/mol. The van der Waals surface area contributed by atoms with Gasteiger partial charge in [0, 0.05) is 16.8 Å². The molecule has 24 heavy (non-hydrogen) atoms. The fourth-order valence-corrected chi connectivity index (χ4v) is 2.37. The van der Waals surface area contributed by atoms with Gasteiger partial charge in [0.1, 0.15) is 5.82 Å². The molecule has 0 aliphatic carbocycles. The van der Waals surface area contributed by atoms with E-state index >= 15 is 0 Å². The number of carbonyl (C=O) groups is 2. The van der Waals surface area contributed by atoms with Gasteiger partial charge in [0.25, 0.3) is 5.91 Å². The van der Waals surface area contributed by atoms with Gasteiger partial charge in [0.05, 0.1) is 5.56 Å². The monoisotopic (exact) mass is 319 g/mol. The Morgan fingerprint density at radius 2 is 1.38 bits per heavy atom. The molecule has 0 heterocycles. The van der Waals surface area contributed by atoms with Crippen LogP contribution in [-0.4, -0.2) is 11.7 Å². The van der Waals surface area contributed by atoms with Crippen molar-refractivity contribution < 1.29 is 14.0 Å². The van der Waals surface area contributed by atoms with Gasteiger partial charge in [-0.05, 0) is 30.3 Å². The first-order chi connectivity index (χ1) is 11.6. The fourth-order valence-electron chi connectivity index (χ4n) is 2.37. The van der Waals surface area contributed by atoms with E-state index in [9.17, 15) is 14.0 Å². The van der Waals surface area contributed by atoms with Crippen LogP contribution in [0.15, 0.2) is 78.9 Å². The zero-order chi connectivity index (χ0) is 16.9. The largest absolute Gasteiger partial charge is 0.322 e. The highest BCUT2D eigenvalue weighted by Crippen LogP contribution is 2.18. The molecule has 3 aromatic rings. The van der Waals surface area contributed by atoms with E-state index < -0.39 is 17.5 Å². The number of benzene rings is 3. The average Bonchev–Trinajstić information content (AvgIpc) is 2.62. The number of amides is 1. The molecule has 1 amide bonds. The van der Waals surface area contributed by atoms with Crippen molar-refractivity contribution in [1.29, 1.82) is 0 Å². The van der Waals surface area contributed by atoms with E-state index in [2.05, 4.69) is 5.32 Å². The number of halogens is 1. The molecular weight excluding hydrogens is 305 g/mol. The highest BCUT2D eigenvalue weighted by molar-refractivity contribution is 6.17. The number of para-hydroxylation sites is 1. The van der Waals surface area contributed by atoms with Crippen molar-refractivity contribution in [2.24, 2.45) is 0 Å². The second-order valence-electron chi connectivity index (χ2n) is 5.21. The maximum atomic E-state index is 13.6. The van der Waals surface area contributed by atoms with E-state index in [4.69, 9.17) is 0 Å². The van der Waals surface area contributed by atoms with Gasteiger partial charge < -0.3 is 5.32 Å². The molecule has 0 aliphatic heterocycles. The summed E-state index contributed by atoms with van der Waals surface area (Å²) in [5.41, 5.74) is 1.17. The zero-order valence-electron chi connectivity index (χ0n) is 12.7. The van der Waals surface area contributed by atoms with Crippen LogP contribution in [0.1, 0.15) is 26.3 Å². The Morgan fingerprint density at radius 3 is 2.04 bits per heavy atom. The summed E-state index contributed by atoms with van der Waals surface area (Å²) in [6.45, 7) is 0. The summed E-state index contributed by atoms with van der Waals surface area (Å²) in [7, 11) is 0. The molecular formula is C20H14FNO2. The minimum atomic E-state index is -0.564. The first kappa shape index (κ1) is 15.6. The van der Waals surface area contributed by atoms with Crippen molar-refractivity contribution in [3.8, 4) is 0 Å². The molecule has 3 aromatic carbocycles. The highest BCUT2D eigenvalue weighted by atomic mass is 19.1. The molecule has 0 aromatic heterocycles. The molecule has 1 N–H and O–H groups in total. The van der Waals surface area contributed by atoms with Crippen LogP contribution in [0.5, 0.6) is 0 Å². The van der Waals surface area contributed by atoms with E-state index in [0.717, 1.165) is 6.07 Å². The van der Waals surface area contributed by atoms with Gasteiger partial charge in [0.15, 0.2) is 5.78 Å². The summed E-state index contributed by atoms with van der Waals surface area (Å²) >= 11 is 0. The highest BCUT2D eigenvalue weighted by Gasteiger charge is 2.19. The Morgan fingerprint density at radius 1 is 0.750 bits per heavy atom. The molecule has 3 nitrogen and oxygen atoms in total. The van der Waals surface area contributed by atoms with Gasteiger partial charge in [-0.25, -0.2) is 4.39 Å². The third kappa shape index (κ3) is 3.38. The van der Waals surface area contributed by atoms with Crippen molar-refractivity contribution >= 4 is 17.4 Å². The summed E-state index contributed by atoms with van der Waals surface area (Å²) in [5.74, 6) is -1.42. The number of nitrogens with one attached hydrogen (secondary N) is 1. The number of rotatable bonds is 4. The van der Waals surface area contributed by atoms with Crippen LogP contribution >= 0.6 is 0 Å². The topological polar surface area (TPSA) is 46.2 Å². The van der Waals surface area contributed by atoms with Crippen LogP contribution in [0.25, 0.3) is 0 Å². The molecule has 0 unspecified atom stereocenters. The SMILES string of the molecule is O=C(Nc1ccccc1)c1ccc(F)cc1C(=O)c1ccccc1. The summed E-state index contributed by atoms with van der Waals surface area (Å²) in [4.78, 5) is 25.1. The van der Waals surface area contributed by atoms with Crippen LogP contribution < -0.4 is 5.32 Å². The summed E-state index contributed by atoms with van der Waals surface area (Å²) in [5, 5.41) is 2.71. The van der Waals surface area contributed by atoms with Gasteiger partial charge in [-0.3, -0.25) is 9.59 Å². The second-order valence-corrected chi connectivity index (χ2v) is 5.21. The first-order valence-electron chi connectivity index (χ1n) is 7.41. The zero-order valence-corrected chi connectivity index (χ0v) is 12.7. The minimum Gasteiger partial charge on any atom is -0.322 e. The first-order valence-corrected chi connectivity index (χ1v) is 7.41. The van der Waals surface area contributed by atoms with Crippen molar-refractivity contribution in [2.45, 2.75) is 0 Å². The third-order valence-corrected chi connectivity index (χ3v) is 3.54. The Hall–Kier alpha value is -3.27. The van der Waals surface area contributed by atoms with Crippen LogP contribution in [-0.2, 0) is 0 Å². The molecule has 0 atom stereocenters. The minimum absolute atomic E-state index is 0.0367. The summed E-state index contributed by atoms with van der Waals surface area (Å²) in [6, 6.07) is 20.9. The molecule has 0 bridgehead atoms. The summed E-state index contributed by atoms with van der Waals surface area (Å²) < 4.78 is 13.6. The molecule has 0 saturated carbocycles. The maximum absolute atomic E-state index is 13.6. The lowest BCUT2D eigenvalue weighted by atomic mass is 9.97. The third-order valence-electron chi connectivity index (χ3n) is 3.54. The number of ketones is 1. The Bertz CT molecular complexity index is 877. The molecule has 0 aliphatic rings. The number of hydrogen-bond donors (Lipinski definition) is 1. The lowest BCUT2D eigenvalue weighted by Crippen LogP contribution is -2.17. The van der Waals surface area contributed by atoms with E-state index in [1.54, 1.807) is 54.6 Å². The Balaban J connectivity index is 1.97. The standard InChI is InChI=1S/C20H14FNO2/c21-15-11-12-17(20(24)22-16-9-5-2-6-10-16)18(13-15)19(23)14-7-3-1-4-8-14/h1-13H,(H,22,24). The van der Waals surface area contributed by atoms with Crippen molar-refractivity contribution in [2.75, 3.05) is 5.32 Å². The van der Waals surface area contributed by atoms with E-state index in [-0.39, 0.29) is 11.1 Å². The van der Waals surface area contributed by atoms with E-state index in [1.807, 2.05) is 6.07 Å². The number of hydrogen-bond acceptors (Lipinski definition) is 2. The van der Waals surface area contributed by atoms with E-state index in [1.165, 1.54) is 12.1 Å². The maximum Gasteiger partial charge on any atom is 0.256 e. The van der Waals surface area contributed by atoms with Crippen LogP contribution in [0.4, 0.5) is 10.1 Å². The molecule has 0 saturated heterocycles. The molecule has 0 fully saturated rings. The number of anilines is 1. The molecule has 0 spiro atoms. The smallest absolute Gasteiger partial charge is 0.256 e. The normalized spacial score (nSPS) is 10.2. The predicted molar refractivity (Wildman–Crippen MR) is 90.7 cm³/mol. The van der Waals surface area contributed by atoms with E-state index in [0.29, 0.717) is 11.3 Å². The van der Waals surface area contributed by atoms with Gasteiger partial charge in [-0.1, -0.05) is 48.5 Å². The van der Waals surface area contributed by atoms with Crippen molar-refractivity contribution in [1.82, 2.24) is 0 Å². The molecule has 4 heteroatoms. The molecule has 3 rings (SSSR count). The molecule has 118 valence electrons. The number of carbonyl (C=O) groups excluding carboxylic acids is 2. The summed E-state index contributed by atoms with van der Waals surface area (Å²) in [6.07, 6.45) is 0. The predicted octanol–water partition coefficient (Wildman–Crippen LogP) is 4.31. The second kappa shape index (κ2) is 6.87. The Kier molecular flexibility index (Phi) is 4.47. The van der Waals surface area contributed by atoms with Gasteiger partial charge in [0.2, 0.25) is 0 Å². The van der Waals surface area contributed by atoms with Crippen LogP contribution in [0, 0.1) is 5.82 Å². The lowest BCUT2D eigenvalue weighted by molar-refractivity contribution is 0.0996. The van der Waals surface area contributed by atoms with Crippen LogP contribution in [0.3, 0.4) is 0 Å². The van der Waals surface area contributed by atoms with Crippen molar-refractivity contribution in [3.63, 3.8) is 0 Å². The molecule has 0 radical (unpaired) electrons. The van der Waals surface area contributed by atoms with Crippen molar-refractivity contribution in [3.05, 3.63) is 101 Å². The van der Waals surface area contributed by atoms with Gasteiger partial charge in [-0.15, -0.1) is 0 Å². The quantitative estimate of drug-likeness (QED) is 0.728. The van der Waals surface area contributed by atoms with Crippen LogP contribution in [0.2, 0.25) is 0 Å². The lowest BCUT2D eigenvalue weighted by Gasteiger charge is -2.10. The van der Waals surface area contributed by atoms with Gasteiger partial charge >= 0.3 is 0 Å². The van der Waals surface area contributed by atoms with Gasteiger partial charge in [-0.2, -0.15) is 0 Å². The fraction of sp³-hybridized carbons (Fsp3) is 0. The Labute approximate surface area is 138 Å².